The zero-order valence-corrected chi connectivity index (χ0v) is 13.6. The Morgan fingerprint density at radius 2 is 1.68 bits per heavy atom. The Bertz CT molecular complexity index is 531. The lowest BCUT2D eigenvalue weighted by Crippen LogP contribution is -2.10. The lowest BCUT2D eigenvalue weighted by atomic mass is 9.86. The SMILES string of the molecule is CCc1ccc(C(Cl)c2ccc(C(C)(C)C)cc2)s1. The summed E-state index contributed by atoms with van der Waals surface area (Å²) in [6, 6.07) is 13.0. The van der Waals surface area contributed by atoms with E-state index >= 15 is 0 Å². The molecule has 0 aliphatic heterocycles. The maximum atomic E-state index is 6.58. The van der Waals surface area contributed by atoms with Gasteiger partial charge in [-0.15, -0.1) is 22.9 Å². The number of halogens is 1. The van der Waals surface area contributed by atoms with E-state index in [1.54, 1.807) is 0 Å². The van der Waals surface area contributed by atoms with E-state index in [0.29, 0.717) is 0 Å². The zero-order chi connectivity index (χ0) is 14.0. The summed E-state index contributed by atoms with van der Waals surface area (Å²) < 4.78 is 0. The van der Waals surface area contributed by atoms with Crippen molar-refractivity contribution in [1.29, 1.82) is 0 Å². The van der Waals surface area contributed by atoms with E-state index in [1.807, 2.05) is 11.3 Å². The van der Waals surface area contributed by atoms with Crippen molar-refractivity contribution in [3.05, 3.63) is 57.3 Å². The van der Waals surface area contributed by atoms with Crippen LogP contribution in [0.25, 0.3) is 0 Å². The Kier molecular flexibility index (Phi) is 4.37. The predicted octanol–water partition coefficient (Wildman–Crippen LogP) is 5.94. The Balaban J connectivity index is 2.22. The third kappa shape index (κ3) is 3.40. The fourth-order valence-electron chi connectivity index (χ4n) is 2.04. The van der Waals surface area contributed by atoms with Crippen LogP contribution in [-0.2, 0) is 11.8 Å². The van der Waals surface area contributed by atoms with Crippen molar-refractivity contribution in [3.63, 3.8) is 0 Å². The monoisotopic (exact) mass is 292 g/mol. The highest BCUT2D eigenvalue weighted by molar-refractivity contribution is 7.12. The molecular formula is C17H21ClS. The van der Waals surface area contributed by atoms with Crippen LogP contribution < -0.4 is 0 Å². The van der Waals surface area contributed by atoms with Crippen molar-refractivity contribution in [3.8, 4) is 0 Å². The first-order valence-corrected chi connectivity index (χ1v) is 8.00. The molecule has 0 radical (unpaired) electrons. The van der Waals surface area contributed by atoms with Gasteiger partial charge < -0.3 is 0 Å². The smallest absolute Gasteiger partial charge is 0.0927 e. The number of alkyl halides is 1. The third-order valence-electron chi connectivity index (χ3n) is 3.35. The molecule has 1 aromatic carbocycles. The second-order valence-corrected chi connectivity index (χ2v) is 7.53. The van der Waals surface area contributed by atoms with Gasteiger partial charge in [-0.3, -0.25) is 0 Å². The number of aryl methyl sites for hydroxylation is 1. The summed E-state index contributed by atoms with van der Waals surface area (Å²) in [6.07, 6.45) is 1.08. The molecule has 0 fully saturated rings. The molecule has 1 heterocycles. The average molecular weight is 293 g/mol. The van der Waals surface area contributed by atoms with E-state index in [0.717, 1.165) is 6.42 Å². The molecule has 0 spiro atoms. The fraction of sp³-hybridized carbons (Fsp3) is 0.412. The molecule has 0 amide bonds. The third-order valence-corrected chi connectivity index (χ3v) is 5.26. The first kappa shape index (κ1) is 14.6. The molecule has 1 atom stereocenters. The number of hydrogen-bond donors (Lipinski definition) is 0. The molecule has 0 aliphatic rings. The minimum Gasteiger partial charge on any atom is -0.143 e. The van der Waals surface area contributed by atoms with Crippen LogP contribution in [0.5, 0.6) is 0 Å². The van der Waals surface area contributed by atoms with Gasteiger partial charge in [-0.1, -0.05) is 52.0 Å². The number of hydrogen-bond acceptors (Lipinski definition) is 1. The Morgan fingerprint density at radius 1 is 1.05 bits per heavy atom. The van der Waals surface area contributed by atoms with Crippen molar-refractivity contribution < 1.29 is 0 Å². The molecule has 0 aliphatic carbocycles. The quantitative estimate of drug-likeness (QED) is 0.614. The van der Waals surface area contributed by atoms with Crippen molar-refractivity contribution in [1.82, 2.24) is 0 Å². The molecule has 19 heavy (non-hydrogen) atoms. The van der Waals surface area contributed by atoms with Gasteiger partial charge in [0.25, 0.3) is 0 Å². The van der Waals surface area contributed by atoms with Crippen LogP contribution in [-0.4, -0.2) is 0 Å². The van der Waals surface area contributed by atoms with Gasteiger partial charge in [-0.2, -0.15) is 0 Å². The summed E-state index contributed by atoms with van der Waals surface area (Å²) in [5.74, 6) is 0. The highest BCUT2D eigenvalue weighted by Gasteiger charge is 2.16. The summed E-state index contributed by atoms with van der Waals surface area (Å²) in [5.41, 5.74) is 2.72. The number of benzene rings is 1. The Labute approximate surface area is 125 Å². The van der Waals surface area contributed by atoms with E-state index in [-0.39, 0.29) is 10.8 Å². The Hall–Kier alpha value is -0.790. The van der Waals surface area contributed by atoms with Gasteiger partial charge in [0.2, 0.25) is 0 Å². The van der Waals surface area contributed by atoms with Gasteiger partial charge >= 0.3 is 0 Å². The average Bonchev–Trinajstić information content (AvgIpc) is 2.86. The van der Waals surface area contributed by atoms with Crippen molar-refractivity contribution in [2.75, 3.05) is 0 Å². The molecule has 0 saturated carbocycles. The fourth-order valence-corrected chi connectivity index (χ4v) is 3.35. The van der Waals surface area contributed by atoms with Gasteiger partial charge in [0.1, 0.15) is 0 Å². The number of rotatable bonds is 3. The first-order chi connectivity index (χ1) is 8.91. The maximum Gasteiger partial charge on any atom is 0.0927 e. The van der Waals surface area contributed by atoms with E-state index in [4.69, 9.17) is 11.6 Å². The van der Waals surface area contributed by atoms with E-state index in [1.165, 1.54) is 20.9 Å². The zero-order valence-electron chi connectivity index (χ0n) is 12.0. The molecule has 2 aromatic rings. The van der Waals surface area contributed by atoms with Crippen molar-refractivity contribution >= 4 is 22.9 Å². The predicted molar refractivity (Wildman–Crippen MR) is 86.5 cm³/mol. The van der Waals surface area contributed by atoms with Gasteiger partial charge in [0.05, 0.1) is 5.38 Å². The van der Waals surface area contributed by atoms with E-state index < -0.39 is 0 Å². The van der Waals surface area contributed by atoms with Crippen molar-refractivity contribution in [2.45, 2.75) is 44.9 Å². The largest absolute Gasteiger partial charge is 0.143 e. The van der Waals surface area contributed by atoms with Crippen molar-refractivity contribution in [2.24, 2.45) is 0 Å². The van der Waals surface area contributed by atoms with Gasteiger partial charge in [-0.25, -0.2) is 0 Å². The molecule has 2 rings (SSSR count). The second kappa shape index (κ2) is 5.68. The molecule has 0 N–H and O–H groups in total. The highest BCUT2D eigenvalue weighted by Crippen LogP contribution is 2.34. The molecule has 0 bridgehead atoms. The Morgan fingerprint density at radius 3 is 2.16 bits per heavy atom. The topological polar surface area (TPSA) is 0 Å². The van der Waals surface area contributed by atoms with Gasteiger partial charge in [0.15, 0.2) is 0 Å². The second-order valence-electron chi connectivity index (χ2n) is 5.89. The van der Waals surface area contributed by atoms with Crippen LogP contribution >= 0.6 is 22.9 Å². The standard InChI is InChI=1S/C17H21ClS/c1-5-14-10-11-15(19-14)16(18)12-6-8-13(9-7-12)17(2,3)4/h6-11,16H,5H2,1-4H3. The molecule has 1 unspecified atom stereocenters. The summed E-state index contributed by atoms with van der Waals surface area (Å²) in [6.45, 7) is 8.86. The van der Waals surface area contributed by atoms with Crippen LogP contribution in [0.2, 0.25) is 0 Å². The lowest BCUT2D eigenvalue weighted by molar-refractivity contribution is 0.590. The maximum absolute atomic E-state index is 6.58. The number of thiophene rings is 1. The van der Waals surface area contributed by atoms with Crippen LogP contribution in [0.3, 0.4) is 0 Å². The molecule has 2 heteroatoms. The summed E-state index contributed by atoms with van der Waals surface area (Å²) in [4.78, 5) is 2.63. The summed E-state index contributed by atoms with van der Waals surface area (Å²) in [5, 5.41) is -0.0284. The van der Waals surface area contributed by atoms with Crippen LogP contribution in [0.15, 0.2) is 36.4 Å². The molecular weight excluding hydrogens is 272 g/mol. The van der Waals surface area contributed by atoms with Crippen LogP contribution in [0.4, 0.5) is 0 Å². The minimum atomic E-state index is -0.0284. The molecule has 1 aromatic heterocycles. The van der Waals surface area contributed by atoms with Gasteiger partial charge in [-0.05, 0) is 35.1 Å². The highest BCUT2D eigenvalue weighted by atomic mass is 35.5. The molecule has 0 nitrogen and oxygen atoms in total. The van der Waals surface area contributed by atoms with Crippen LogP contribution in [0.1, 0.15) is 54.0 Å². The van der Waals surface area contributed by atoms with E-state index in [9.17, 15) is 0 Å². The lowest BCUT2D eigenvalue weighted by Gasteiger charge is -2.19. The van der Waals surface area contributed by atoms with Gasteiger partial charge in [0, 0.05) is 9.75 Å². The molecule has 0 saturated heterocycles. The van der Waals surface area contributed by atoms with Crippen LogP contribution in [0, 0.1) is 0 Å². The molecule has 102 valence electrons. The minimum absolute atomic E-state index is 0.0284. The normalized spacial score (nSPS) is 13.5. The summed E-state index contributed by atoms with van der Waals surface area (Å²) >= 11 is 8.39. The van der Waals surface area contributed by atoms with E-state index in [2.05, 4.69) is 64.1 Å². The first-order valence-electron chi connectivity index (χ1n) is 6.75. The summed E-state index contributed by atoms with van der Waals surface area (Å²) in [7, 11) is 0.